The van der Waals surface area contributed by atoms with Gasteiger partial charge in [0, 0.05) is 6.92 Å². The molecule has 0 atom stereocenters. The minimum absolute atomic E-state index is 0.0465. The number of hydrogen-bond acceptors (Lipinski definition) is 4. The summed E-state index contributed by atoms with van der Waals surface area (Å²) in [5.41, 5.74) is 0. The zero-order valence-electron chi connectivity index (χ0n) is 11.9. The van der Waals surface area contributed by atoms with Crippen molar-refractivity contribution in [2.45, 2.75) is 51.3 Å². The maximum atomic E-state index is 11.8. The van der Waals surface area contributed by atoms with Crippen LogP contribution < -0.4 is 5.32 Å². The van der Waals surface area contributed by atoms with Crippen LogP contribution in [0, 0.1) is 5.92 Å². The van der Waals surface area contributed by atoms with E-state index >= 15 is 0 Å². The number of hydrogen-bond donors (Lipinski definition) is 1. The highest BCUT2D eigenvalue weighted by atomic mass is 19.4. The second-order valence-electron chi connectivity index (χ2n) is 5.15. The third kappa shape index (κ3) is 8.41. The van der Waals surface area contributed by atoms with Crippen molar-refractivity contribution in [2.24, 2.45) is 5.92 Å². The molecule has 0 unspecified atom stereocenters. The molecule has 0 aliphatic heterocycles. The minimum atomic E-state index is -4.44. The van der Waals surface area contributed by atoms with Crippen LogP contribution >= 0.6 is 0 Å². The molecule has 1 aliphatic rings. The molecular weight excluding hydrogens is 291 g/mol. The predicted molar refractivity (Wildman–Crippen MR) is 67.5 cm³/mol. The van der Waals surface area contributed by atoms with Gasteiger partial charge in [-0.25, -0.2) is 4.79 Å². The zero-order valence-corrected chi connectivity index (χ0v) is 11.9. The predicted octanol–water partition coefficient (Wildman–Crippen LogP) is 2.79. The van der Waals surface area contributed by atoms with Crippen molar-refractivity contribution in [3.8, 4) is 0 Å². The number of ether oxygens (including phenoxy) is 2. The first-order chi connectivity index (χ1) is 9.76. The molecule has 0 heterocycles. The van der Waals surface area contributed by atoms with Crippen LogP contribution in [0.3, 0.4) is 0 Å². The Labute approximate surface area is 121 Å². The van der Waals surface area contributed by atoms with E-state index in [4.69, 9.17) is 9.47 Å². The number of alkyl carbamates (subject to hydrolysis) is 1. The molecule has 1 rings (SSSR count). The summed E-state index contributed by atoms with van der Waals surface area (Å²) in [5.74, 6) is 0.0512. The van der Waals surface area contributed by atoms with Crippen molar-refractivity contribution in [1.29, 1.82) is 0 Å². The molecule has 0 saturated heterocycles. The first-order valence-corrected chi connectivity index (χ1v) is 6.91. The van der Waals surface area contributed by atoms with Gasteiger partial charge >= 0.3 is 18.2 Å². The lowest BCUT2D eigenvalue weighted by atomic mass is 9.85. The summed E-state index contributed by atoms with van der Waals surface area (Å²) in [6, 6.07) is 0. The van der Waals surface area contributed by atoms with Gasteiger partial charge in [0.25, 0.3) is 0 Å². The van der Waals surface area contributed by atoms with Gasteiger partial charge in [0.2, 0.25) is 0 Å². The minimum Gasteiger partial charge on any atom is -0.463 e. The highest BCUT2D eigenvalue weighted by molar-refractivity contribution is 5.67. The van der Waals surface area contributed by atoms with E-state index in [-0.39, 0.29) is 18.7 Å². The van der Waals surface area contributed by atoms with Gasteiger partial charge in [-0.2, -0.15) is 13.2 Å². The number of rotatable bonds is 5. The smallest absolute Gasteiger partial charge is 0.407 e. The molecule has 1 saturated carbocycles. The highest BCUT2D eigenvalue weighted by Gasteiger charge is 2.28. The Kier molecular flexibility index (Phi) is 6.77. The number of alkyl halides is 3. The van der Waals surface area contributed by atoms with E-state index in [9.17, 15) is 22.8 Å². The van der Waals surface area contributed by atoms with Crippen LogP contribution in [0.25, 0.3) is 0 Å². The van der Waals surface area contributed by atoms with Gasteiger partial charge in [-0.15, -0.1) is 0 Å². The summed E-state index contributed by atoms with van der Waals surface area (Å²) in [4.78, 5) is 21.8. The Morgan fingerprint density at radius 2 is 1.81 bits per heavy atom. The summed E-state index contributed by atoms with van der Waals surface area (Å²) in [7, 11) is 0. The molecule has 0 aromatic carbocycles. The summed E-state index contributed by atoms with van der Waals surface area (Å²) in [5, 5.41) is 1.65. The monoisotopic (exact) mass is 311 g/mol. The number of esters is 1. The van der Waals surface area contributed by atoms with Crippen LogP contribution in [0.5, 0.6) is 0 Å². The lowest BCUT2D eigenvalue weighted by Gasteiger charge is -2.27. The highest BCUT2D eigenvalue weighted by Crippen LogP contribution is 2.28. The second kappa shape index (κ2) is 8.09. The molecular formula is C13H20F3NO4. The van der Waals surface area contributed by atoms with E-state index < -0.39 is 18.8 Å². The Hall–Kier alpha value is -1.47. The molecule has 0 aromatic heterocycles. The fourth-order valence-electron chi connectivity index (χ4n) is 2.31. The van der Waals surface area contributed by atoms with Gasteiger partial charge in [0.15, 0.2) is 0 Å². The SMILES string of the molecule is CC(=O)O[C@H]1CC[C@@H](CCOC(=O)NCC(F)(F)F)CC1. The van der Waals surface area contributed by atoms with Crippen molar-refractivity contribution >= 4 is 12.1 Å². The molecule has 122 valence electrons. The van der Waals surface area contributed by atoms with E-state index in [1.165, 1.54) is 6.92 Å². The number of carbonyl (C=O) groups excluding carboxylic acids is 2. The standard InChI is InChI=1S/C13H20F3NO4/c1-9(18)21-11-4-2-10(3-5-11)6-7-20-12(19)17-8-13(14,15)16/h10-11H,2-8H2,1H3,(H,17,19)/t10-,11+. The van der Waals surface area contributed by atoms with E-state index in [0.717, 1.165) is 25.7 Å². The first kappa shape index (κ1) is 17.6. The molecule has 1 N–H and O–H groups in total. The van der Waals surface area contributed by atoms with Crippen LogP contribution in [0.15, 0.2) is 0 Å². The third-order valence-electron chi connectivity index (χ3n) is 3.32. The number of nitrogens with one attached hydrogen (secondary N) is 1. The van der Waals surface area contributed by atoms with Gasteiger partial charge in [-0.1, -0.05) is 0 Å². The normalized spacial score (nSPS) is 22.5. The molecule has 21 heavy (non-hydrogen) atoms. The molecule has 8 heteroatoms. The first-order valence-electron chi connectivity index (χ1n) is 6.91. The molecule has 1 amide bonds. The topological polar surface area (TPSA) is 64.6 Å². The average molecular weight is 311 g/mol. The van der Waals surface area contributed by atoms with Crippen molar-refractivity contribution in [3.05, 3.63) is 0 Å². The maximum absolute atomic E-state index is 11.8. The van der Waals surface area contributed by atoms with Crippen LogP contribution in [0.2, 0.25) is 0 Å². The number of carbonyl (C=O) groups is 2. The summed E-state index contributed by atoms with van der Waals surface area (Å²) in [6.45, 7) is 0.0748. The van der Waals surface area contributed by atoms with Gasteiger partial charge in [-0.05, 0) is 38.0 Å². The molecule has 5 nitrogen and oxygen atoms in total. The number of amides is 1. The van der Waals surface area contributed by atoms with Gasteiger partial charge in [-0.3, -0.25) is 4.79 Å². The Morgan fingerprint density at radius 3 is 2.33 bits per heavy atom. The Morgan fingerprint density at radius 1 is 1.19 bits per heavy atom. The molecule has 0 aromatic rings. The van der Waals surface area contributed by atoms with Crippen molar-refractivity contribution in [2.75, 3.05) is 13.2 Å². The van der Waals surface area contributed by atoms with Crippen LogP contribution in [-0.4, -0.2) is 37.5 Å². The zero-order chi connectivity index (χ0) is 15.9. The van der Waals surface area contributed by atoms with E-state index in [1.807, 2.05) is 0 Å². The maximum Gasteiger partial charge on any atom is 0.407 e. The molecule has 0 spiro atoms. The molecule has 1 aliphatic carbocycles. The Balaban J connectivity index is 2.09. The van der Waals surface area contributed by atoms with Crippen LogP contribution in [0.4, 0.5) is 18.0 Å². The van der Waals surface area contributed by atoms with Gasteiger partial charge in [0.1, 0.15) is 12.6 Å². The van der Waals surface area contributed by atoms with Crippen molar-refractivity contribution < 1.29 is 32.2 Å². The molecule has 0 radical (unpaired) electrons. The third-order valence-corrected chi connectivity index (χ3v) is 3.32. The number of halogens is 3. The second-order valence-corrected chi connectivity index (χ2v) is 5.15. The van der Waals surface area contributed by atoms with E-state index in [2.05, 4.69) is 0 Å². The summed E-state index contributed by atoms with van der Waals surface area (Å²) in [6.07, 6.45) is -1.69. The average Bonchev–Trinajstić information content (AvgIpc) is 2.37. The molecule has 0 bridgehead atoms. The van der Waals surface area contributed by atoms with E-state index in [0.29, 0.717) is 12.3 Å². The summed E-state index contributed by atoms with van der Waals surface area (Å²) < 4.78 is 45.4. The largest absolute Gasteiger partial charge is 0.463 e. The van der Waals surface area contributed by atoms with Crippen LogP contribution in [-0.2, 0) is 14.3 Å². The quantitative estimate of drug-likeness (QED) is 0.793. The van der Waals surface area contributed by atoms with Gasteiger partial charge < -0.3 is 14.8 Å². The fourth-order valence-corrected chi connectivity index (χ4v) is 2.31. The lowest BCUT2D eigenvalue weighted by molar-refractivity contribution is -0.148. The lowest BCUT2D eigenvalue weighted by Crippen LogP contribution is -2.34. The summed E-state index contributed by atoms with van der Waals surface area (Å²) >= 11 is 0. The van der Waals surface area contributed by atoms with E-state index in [1.54, 1.807) is 5.32 Å². The van der Waals surface area contributed by atoms with Crippen molar-refractivity contribution in [3.63, 3.8) is 0 Å². The van der Waals surface area contributed by atoms with Gasteiger partial charge in [0.05, 0.1) is 6.61 Å². The van der Waals surface area contributed by atoms with Crippen LogP contribution in [0.1, 0.15) is 39.0 Å². The fraction of sp³-hybridized carbons (Fsp3) is 0.846. The molecule has 1 fully saturated rings. The Bertz CT molecular complexity index is 352. The van der Waals surface area contributed by atoms with Crippen molar-refractivity contribution in [1.82, 2.24) is 5.32 Å².